The first-order chi connectivity index (χ1) is 14.0. The van der Waals surface area contributed by atoms with E-state index in [4.69, 9.17) is 4.74 Å². The molecule has 3 aromatic rings. The SMILES string of the molecule is O=C(CCn1cnc2ccc(Br)cc2c1=O)OCN1C(=O)c2ccccc2C1=O. The number of fused-ring (bicyclic) bond motifs is 2. The fourth-order valence-electron chi connectivity index (χ4n) is 3.07. The zero-order valence-corrected chi connectivity index (χ0v) is 16.6. The van der Waals surface area contributed by atoms with Gasteiger partial charge >= 0.3 is 5.97 Å². The summed E-state index contributed by atoms with van der Waals surface area (Å²) < 4.78 is 7.14. The van der Waals surface area contributed by atoms with E-state index in [0.717, 1.165) is 9.37 Å². The molecule has 0 fully saturated rings. The first-order valence-electron chi connectivity index (χ1n) is 8.71. The average molecular weight is 456 g/mol. The van der Waals surface area contributed by atoms with E-state index in [1.165, 1.54) is 10.9 Å². The van der Waals surface area contributed by atoms with Gasteiger partial charge in [-0.2, -0.15) is 0 Å². The fraction of sp³-hybridized carbons (Fsp3) is 0.150. The number of rotatable bonds is 5. The zero-order chi connectivity index (χ0) is 20.5. The first-order valence-corrected chi connectivity index (χ1v) is 9.50. The number of nitrogens with zero attached hydrogens (tertiary/aromatic N) is 3. The van der Waals surface area contributed by atoms with Crippen LogP contribution in [0.3, 0.4) is 0 Å². The Morgan fingerprint density at radius 2 is 1.72 bits per heavy atom. The summed E-state index contributed by atoms with van der Waals surface area (Å²) in [5, 5.41) is 0.432. The number of aryl methyl sites for hydroxylation is 1. The highest BCUT2D eigenvalue weighted by Gasteiger charge is 2.35. The number of ether oxygens (including phenoxy) is 1. The zero-order valence-electron chi connectivity index (χ0n) is 15.0. The minimum Gasteiger partial charge on any atom is -0.444 e. The van der Waals surface area contributed by atoms with Crippen molar-refractivity contribution in [2.75, 3.05) is 6.73 Å². The van der Waals surface area contributed by atoms with E-state index in [-0.39, 0.29) is 29.7 Å². The van der Waals surface area contributed by atoms with E-state index in [9.17, 15) is 19.2 Å². The Kier molecular flexibility index (Phi) is 4.98. The molecule has 0 bridgehead atoms. The second-order valence-corrected chi connectivity index (χ2v) is 7.30. The maximum absolute atomic E-state index is 12.5. The molecule has 0 atom stereocenters. The van der Waals surface area contributed by atoms with Crippen LogP contribution in [0.5, 0.6) is 0 Å². The molecule has 0 N–H and O–H groups in total. The molecule has 2 heterocycles. The molecular weight excluding hydrogens is 442 g/mol. The predicted molar refractivity (Wildman–Crippen MR) is 106 cm³/mol. The van der Waals surface area contributed by atoms with Gasteiger partial charge in [-0.15, -0.1) is 0 Å². The smallest absolute Gasteiger partial charge is 0.309 e. The van der Waals surface area contributed by atoms with Crippen LogP contribution in [0.15, 0.2) is 58.1 Å². The molecule has 0 radical (unpaired) electrons. The lowest BCUT2D eigenvalue weighted by Gasteiger charge is -2.14. The van der Waals surface area contributed by atoms with Crippen molar-refractivity contribution >= 4 is 44.6 Å². The minimum atomic E-state index is -0.636. The molecule has 0 aliphatic carbocycles. The molecular formula is C20H14BrN3O5. The third-order valence-electron chi connectivity index (χ3n) is 4.58. The Hall–Kier alpha value is -3.33. The van der Waals surface area contributed by atoms with Gasteiger partial charge in [-0.1, -0.05) is 28.1 Å². The van der Waals surface area contributed by atoms with Gasteiger partial charge in [0.15, 0.2) is 6.73 Å². The number of hydrogen-bond donors (Lipinski definition) is 0. The number of carbonyl (C=O) groups excluding carboxylic acids is 3. The van der Waals surface area contributed by atoms with Crippen LogP contribution >= 0.6 is 15.9 Å². The molecule has 9 heteroatoms. The average Bonchev–Trinajstić information content (AvgIpc) is 2.97. The normalized spacial score (nSPS) is 13.1. The summed E-state index contributed by atoms with van der Waals surface area (Å²) >= 11 is 3.32. The topological polar surface area (TPSA) is 98.6 Å². The van der Waals surface area contributed by atoms with E-state index >= 15 is 0 Å². The molecule has 8 nitrogen and oxygen atoms in total. The summed E-state index contributed by atoms with van der Waals surface area (Å²) in [6, 6.07) is 11.6. The van der Waals surface area contributed by atoms with Crippen LogP contribution < -0.4 is 5.56 Å². The van der Waals surface area contributed by atoms with E-state index in [1.54, 1.807) is 42.5 Å². The van der Waals surface area contributed by atoms with Crippen molar-refractivity contribution in [1.82, 2.24) is 14.5 Å². The van der Waals surface area contributed by atoms with E-state index in [1.807, 2.05) is 0 Å². The Morgan fingerprint density at radius 3 is 2.41 bits per heavy atom. The summed E-state index contributed by atoms with van der Waals surface area (Å²) in [5.41, 5.74) is 0.856. The lowest BCUT2D eigenvalue weighted by Crippen LogP contribution is -2.33. The molecule has 0 unspecified atom stereocenters. The molecule has 0 spiro atoms. The largest absolute Gasteiger partial charge is 0.444 e. The van der Waals surface area contributed by atoms with Crippen LogP contribution in [-0.2, 0) is 16.1 Å². The Balaban J connectivity index is 1.38. The number of amides is 2. The van der Waals surface area contributed by atoms with Crippen molar-refractivity contribution in [2.24, 2.45) is 0 Å². The number of benzene rings is 2. The van der Waals surface area contributed by atoms with Gasteiger partial charge in [0.1, 0.15) is 0 Å². The Labute approximate surface area is 172 Å². The fourth-order valence-corrected chi connectivity index (χ4v) is 3.43. The van der Waals surface area contributed by atoms with Crippen LogP contribution in [0.1, 0.15) is 27.1 Å². The van der Waals surface area contributed by atoms with Crippen LogP contribution in [0.25, 0.3) is 10.9 Å². The van der Waals surface area contributed by atoms with Crippen molar-refractivity contribution in [3.63, 3.8) is 0 Å². The number of imide groups is 1. The minimum absolute atomic E-state index is 0.0647. The molecule has 29 heavy (non-hydrogen) atoms. The van der Waals surface area contributed by atoms with Crippen LogP contribution in [0.4, 0.5) is 0 Å². The molecule has 0 saturated carbocycles. The molecule has 4 rings (SSSR count). The van der Waals surface area contributed by atoms with Crippen molar-refractivity contribution in [3.8, 4) is 0 Å². The number of aromatic nitrogens is 2. The van der Waals surface area contributed by atoms with E-state index in [0.29, 0.717) is 10.9 Å². The van der Waals surface area contributed by atoms with E-state index in [2.05, 4.69) is 20.9 Å². The standard InChI is InChI=1S/C20H14BrN3O5/c21-12-5-6-16-15(9-12)18(26)23(10-22-16)8-7-17(25)29-11-24-19(27)13-3-1-2-4-14(13)20(24)28/h1-6,9-10H,7-8,11H2. The number of hydrogen-bond acceptors (Lipinski definition) is 6. The monoisotopic (exact) mass is 455 g/mol. The molecule has 0 saturated heterocycles. The second kappa shape index (κ2) is 7.59. The summed E-state index contributed by atoms with van der Waals surface area (Å²) in [7, 11) is 0. The molecule has 2 amide bonds. The maximum Gasteiger partial charge on any atom is 0.309 e. The molecule has 1 aromatic heterocycles. The van der Waals surface area contributed by atoms with Gasteiger partial charge in [-0.3, -0.25) is 23.7 Å². The molecule has 146 valence electrons. The van der Waals surface area contributed by atoms with Crippen molar-refractivity contribution in [1.29, 1.82) is 0 Å². The lowest BCUT2D eigenvalue weighted by molar-refractivity contribution is -0.146. The summed E-state index contributed by atoms with van der Waals surface area (Å²) in [5.74, 6) is -1.64. The summed E-state index contributed by atoms with van der Waals surface area (Å²) in [6.07, 6.45) is 1.26. The third kappa shape index (κ3) is 3.56. The van der Waals surface area contributed by atoms with Crippen molar-refractivity contribution in [3.05, 3.63) is 74.7 Å². The van der Waals surface area contributed by atoms with Crippen molar-refractivity contribution < 1.29 is 19.1 Å². The van der Waals surface area contributed by atoms with Crippen LogP contribution in [0, 0.1) is 0 Å². The van der Waals surface area contributed by atoms with Gasteiger partial charge in [-0.05, 0) is 30.3 Å². The number of carbonyl (C=O) groups is 3. The number of esters is 1. The van der Waals surface area contributed by atoms with Gasteiger partial charge in [0.2, 0.25) is 0 Å². The van der Waals surface area contributed by atoms with Crippen LogP contribution in [0.2, 0.25) is 0 Å². The van der Waals surface area contributed by atoms with Gasteiger partial charge in [0, 0.05) is 11.0 Å². The first kappa shape index (κ1) is 19.0. The highest BCUT2D eigenvalue weighted by atomic mass is 79.9. The number of halogens is 1. The van der Waals surface area contributed by atoms with Gasteiger partial charge in [-0.25, -0.2) is 9.88 Å². The van der Waals surface area contributed by atoms with E-state index < -0.39 is 24.5 Å². The summed E-state index contributed by atoms with van der Waals surface area (Å²) in [6.45, 7) is -0.405. The molecule has 1 aliphatic rings. The highest BCUT2D eigenvalue weighted by Crippen LogP contribution is 2.22. The second-order valence-electron chi connectivity index (χ2n) is 6.38. The maximum atomic E-state index is 12.5. The predicted octanol–water partition coefficient (Wildman–Crippen LogP) is 2.35. The molecule has 1 aliphatic heterocycles. The Bertz CT molecular complexity index is 1190. The Morgan fingerprint density at radius 1 is 1.03 bits per heavy atom. The molecule has 2 aromatic carbocycles. The van der Waals surface area contributed by atoms with Gasteiger partial charge < -0.3 is 4.74 Å². The quantitative estimate of drug-likeness (QED) is 0.432. The third-order valence-corrected chi connectivity index (χ3v) is 5.07. The van der Waals surface area contributed by atoms with Crippen molar-refractivity contribution in [2.45, 2.75) is 13.0 Å². The highest BCUT2D eigenvalue weighted by molar-refractivity contribution is 9.10. The van der Waals surface area contributed by atoms with Gasteiger partial charge in [0.05, 0.1) is 34.8 Å². The lowest BCUT2D eigenvalue weighted by atomic mass is 10.1. The van der Waals surface area contributed by atoms with Crippen LogP contribution in [-0.4, -0.2) is 39.0 Å². The van der Waals surface area contributed by atoms with Gasteiger partial charge in [0.25, 0.3) is 17.4 Å². The summed E-state index contributed by atoms with van der Waals surface area (Å²) in [4.78, 5) is 54.2.